The van der Waals surface area contributed by atoms with Crippen LogP contribution in [-0.2, 0) is 13.1 Å². The number of hydrogen-bond acceptors (Lipinski definition) is 2. The molecule has 2 aromatic rings. The molecule has 0 bridgehead atoms. The summed E-state index contributed by atoms with van der Waals surface area (Å²) in [6.45, 7) is 4.58. The number of benzene rings is 2. The van der Waals surface area contributed by atoms with Gasteiger partial charge in [0.15, 0.2) is 0 Å². The van der Waals surface area contributed by atoms with E-state index in [1.54, 1.807) is 0 Å². The van der Waals surface area contributed by atoms with Gasteiger partial charge in [-0.3, -0.25) is 0 Å². The molecule has 0 saturated carbocycles. The second-order valence-corrected chi connectivity index (χ2v) is 5.32. The van der Waals surface area contributed by atoms with E-state index in [9.17, 15) is 0 Å². The van der Waals surface area contributed by atoms with Crippen LogP contribution < -0.4 is 10.6 Å². The molecule has 3 heteroatoms. The van der Waals surface area contributed by atoms with Gasteiger partial charge in [0.2, 0.25) is 0 Å². The first-order valence-corrected chi connectivity index (χ1v) is 7.39. The predicted molar refractivity (Wildman–Crippen MR) is 87.1 cm³/mol. The topological polar surface area (TPSA) is 29.3 Å². The van der Waals surface area contributed by atoms with Crippen LogP contribution in [0.2, 0.25) is 5.02 Å². The van der Waals surface area contributed by atoms with Gasteiger partial charge in [-0.05, 0) is 29.7 Å². The van der Waals surface area contributed by atoms with E-state index in [2.05, 4.69) is 36.1 Å². The van der Waals surface area contributed by atoms with Crippen molar-refractivity contribution < 1.29 is 0 Å². The van der Waals surface area contributed by atoms with Crippen molar-refractivity contribution in [3.63, 3.8) is 0 Å². The van der Waals surface area contributed by atoms with Gasteiger partial charge in [0.05, 0.1) is 0 Å². The van der Waals surface area contributed by atoms with Gasteiger partial charge in [-0.25, -0.2) is 0 Å². The fraction of sp³-hybridized carbons (Fsp3) is 0.294. The van der Waals surface area contributed by atoms with Crippen molar-refractivity contribution in [3.8, 4) is 0 Å². The Morgan fingerprint density at radius 1 is 1.10 bits per heavy atom. The molecule has 0 heterocycles. The molecular weight excluding hydrogens is 268 g/mol. The van der Waals surface area contributed by atoms with E-state index in [0.717, 1.165) is 35.8 Å². The summed E-state index contributed by atoms with van der Waals surface area (Å²) in [5.74, 6) is 0. The molecule has 20 heavy (non-hydrogen) atoms. The van der Waals surface area contributed by atoms with Crippen LogP contribution in [0.4, 0.5) is 5.69 Å². The molecule has 0 atom stereocenters. The standard InChI is InChI=1S/C17H21ClN2/c1-2-10-20(13-14-6-4-3-5-7-14)17-11-16(18)9-8-15(17)12-19/h3-9,11H,2,10,12-13,19H2,1H3. The summed E-state index contributed by atoms with van der Waals surface area (Å²) in [7, 11) is 0. The molecule has 2 rings (SSSR count). The van der Waals surface area contributed by atoms with Gasteiger partial charge < -0.3 is 10.6 Å². The summed E-state index contributed by atoms with van der Waals surface area (Å²) in [6, 6.07) is 16.4. The van der Waals surface area contributed by atoms with Gasteiger partial charge in [0, 0.05) is 30.3 Å². The molecule has 0 radical (unpaired) electrons. The maximum absolute atomic E-state index is 6.15. The van der Waals surface area contributed by atoms with Crippen molar-refractivity contribution in [2.24, 2.45) is 5.73 Å². The average molecular weight is 289 g/mol. The van der Waals surface area contributed by atoms with Crippen LogP contribution >= 0.6 is 11.6 Å². The Hall–Kier alpha value is -1.51. The average Bonchev–Trinajstić information content (AvgIpc) is 2.48. The number of nitrogens with two attached hydrogens (primary N) is 1. The second-order valence-electron chi connectivity index (χ2n) is 4.88. The number of anilines is 1. The number of nitrogens with zero attached hydrogens (tertiary/aromatic N) is 1. The van der Waals surface area contributed by atoms with Gasteiger partial charge >= 0.3 is 0 Å². The predicted octanol–water partition coefficient (Wildman–Crippen LogP) is 4.22. The molecule has 0 aliphatic carbocycles. The lowest BCUT2D eigenvalue weighted by atomic mass is 10.1. The van der Waals surface area contributed by atoms with Crippen molar-refractivity contribution in [1.29, 1.82) is 0 Å². The molecule has 2 nitrogen and oxygen atoms in total. The second kappa shape index (κ2) is 7.32. The van der Waals surface area contributed by atoms with E-state index in [0.29, 0.717) is 6.54 Å². The maximum atomic E-state index is 6.15. The zero-order valence-electron chi connectivity index (χ0n) is 11.8. The minimum atomic E-state index is 0.529. The molecule has 0 saturated heterocycles. The Morgan fingerprint density at radius 2 is 1.85 bits per heavy atom. The van der Waals surface area contributed by atoms with Gasteiger partial charge in [-0.15, -0.1) is 0 Å². The van der Waals surface area contributed by atoms with Crippen LogP contribution in [0.1, 0.15) is 24.5 Å². The van der Waals surface area contributed by atoms with E-state index < -0.39 is 0 Å². The van der Waals surface area contributed by atoms with E-state index >= 15 is 0 Å². The van der Waals surface area contributed by atoms with Gasteiger partial charge in [0.25, 0.3) is 0 Å². The van der Waals surface area contributed by atoms with Gasteiger partial charge in [-0.1, -0.05) is 54.9 Å². The summed E-state index contributed by atoms with van der Waals surface area (Å²) in [6.07, 6.45) is 1.09. The summed E-state index contributed by atoms with van der Waals surface area (Å²) < 4.78 is 0. The monoisotopic (exact) mass is 288 g/mol. The third-order valence-corrected chi connectivity index (χ3v) is 3.55. The lowest BCUT2D eigenvalue weighted by Crippen LogP contribution is -2.25. The Morgan fingerprint density at radius 3 is 2.50 bits per heavy atom. The minimum absolute atomic E-state index is 0.529. The van der Waals surface area contributed by atoms with Crippen molar-refractivity contribution >= 4 is 17.3 Å². The molecule has 2 aromatic carbocycles. The third kappa shape index (κ3) is 3.75. The first-order chi connectivity index (χ1) is 9.74. The molecular formula is C17H21ClN2. The van der Waals surface area contributed by atoms with Crippen molar-refractivity contribution in [3.05, 3.63) is 64.7 Å². The Bertz CT molecular complexity index is 540. The van der Waals surface area contributed by atoms with E-state index in [1.807, 2.05) is 24.3 Å². The largest absolute Gasteiger partial charge is 0.367 e. The maximum Gasteiger partial charge on any atom is 0.0429 e. The zero-order valence-corrected chi connectivity index (χ0v) is 12.6. The normalized spacial score (nSPS) is 10.6. The van der Waals surface area contributed by atoms with Crippen molar-refractivity contribution in [1.82, 2.24) is 0 Å². The Kier molecular flexibility index (Phi) is 5.45. The van der Waals surface area contributed by atoms with Crippen LogP contribution in [0.3, 0.4) is 0 Å². The highest BCUT2D eigenvalue weighted by molar-refractivity contribution is 6.30. The molecule has 106 valence electrons. The van der Waals surface area contributed by atoms with E-state index in [4.69, 9.17) is 17.3 Å². The molecule has 0 amide bonds. The van der Waals surface area contributed by atoms with Crippen LogP contribution in [-0.4, -0.2) is 6.54 Å². The Balaban J connectivity index is 2.30. The fourth-order valence-corrected chi connectivity index (χ4v) is 2.53. The molecule has 0 fully saturated rings. The van der Waals surface area contributed by atoms with Crippen LogP contribution in [0.15, 0.2) is 48.5 Å². The summed E-state index contributed by atoms with van der Waals surface area (Å²) >= 11 is 6.15. The Labute approximate surface area is 126 Å². The van der Waals surface area contributed by atoms with Crippen molar-refractivity contribution in [2.75, 3.05) is 11.4 Å². The minimum Gasteiger partial charge on any atom is -0.367 e. The lowest BCUT2D eigenvalue weighted by molar-refractivity contribution is 0.761. The summed E-state index contributed by atoms with van der Waals surface area (Å²) in [5.41, 5.74) is 9.44. The SMILES string of the molecule is CCCN(Cc1ccccc1)c1cc(Cl)ccc1CN. The van der Waals surface area contributed by atoms with Crippen LogP contribution in [0.5, 0.6) is 0 Å². The van der Waals surface area contributed by atoms with E-state index in [1.165, 1.54) is 5.56 Å². The highest BCUT2D eigenvalue weighted by atomic mass is 35.5. The quantitative estimate of drug-likeness (QED) is 0.862. The fourth-order valence-electron chi connectivity index (χ4n) is 2.36. The number of halogens is 1. The molecule has 0 spiro atoms. The van der Waals surface area contributed by atoms with E-state index in [-0.39, 0.29) is 0 Å². The summed E-state index contributed by atoms with van der Waals surface area (Å²) in [5, 5.41) is 0.756. The first-order valence-electron chi connectivity index (χ1n) is 7.02. The third-order valence-electron chi connectivity index (χ3n) is 3.32. The van der Waals surface area contributed by atoms with Crippen LogP contribution in [0.25, 0.3) is 0 Å². The molecule has 2 N–H and O–H groups in total. The van der Waals surface area contributed by atoms with Gasteiger partial charge in [0.1, 0.15) is 0 Å². The van der Waals surface area contributed by atoms with Gasteiger partial charge in [-0.2, -0.15) is 0 Å². The number of rotatable bonds is 6. The number of hydrogen-bond donors (Lipinski definition) is 1. The molecule has 0 aliphatic heterocycles. The smallest absolute Gasteiger partial charge is 0.0429 e. The highest BCUT2D eigenvalue weighted by Gasteiger charge is 2.11. The molecule has 0 aliphatic rings. The summed E-state index contributed by atoms with van der Waals surface area (Å²) in [4.78, 5) is 2.35. The molecule has 0 aromatic heterocycles. The van der Waals surface area contributed by atoms with Crippen molar-refractivity contribution in [2.45, 2.75) is 26.4 Å². The lowest BCUT2D eigenvalue weighted by Gasteiger charge is -2.27. The first kappa shape index (κ1) is 14.9. The zero-order chi connectivity index (χ0) is 14.4. The van der Waals surface area contributed by atoms with Crippen LogP contribution in [0, 0.1) is 0 Å². The molecule has 0 unspecified atom stereocenters. The highest BCUT2D eigenvalue weighted by Crippen LogP contribution is 2.26.